The molecule has 0 saturated carbocycles. The average Bonchev–Trinajstić information content (AvgIpc) is 2.06. The lowest BCUT2D eigenvalue weighted by Crippen LogP contribution is -2.34. The normalized spacial score (nSPS) is 28.2. The van der Waals surface area contributed by atoms with Crippen molar-refractivity contribution in [1.82, 2.24) is 0 Å². The van der Waals surface area contributed by atoms with Crippen LogP contribution in [0.5, 0.6) is 0 Å². The number of hydrogen-bond donors (Lipinski definition) is 2. The maximum atomic E-state index is 11.5. The van der Waals surface area contributed by atoms with Gasteiger partial charge in [0.2, 0.25) is 0 Å². The summed E-state index contributed by atoms with van der Waals surface area (Å²) in [5.74, 6) is -0.446. The molecule has 1 aliphatic heterocycles. The van der Waals surface area contributed by atoms with Gasteiger partial charge < -0.3 is 13.8 Å². The first kappa shape index (κ1) is 12.8. The van der Waals surface area contributed by atoms with E-state index in [0.717, 1.165) is 0 Å². The Kier molecular flexibility index (Phi) is 3.65. The molecule has 1 aliphatic rings. The molecule has 0 spiro atoms. The first-order chi connectivity index (χ1) is 6.73. The van der Waals surface area contributed by atoms with Crippen molar-refractivity contribution < 1.29 is 22.8 Å². The summed E-state index contributed by atoms with van der Waals surface area (Å²) in [5.41, 5.74) is -1.56. The number of esters is 1. The highest BCUT2D eigenvalue weighted by Crippen LogP contribution is 2.51. The monoisotopic (exact) mass is 238 g/mol. The van der Waals surface area contributed by atoms with E-state index in [2.05, 4.69) is 0 Å². The number of hydrogen-bond acceptors (Lipinski definition) is 5. The van der Waals surface area contributed by atoms with Gasteiger partial charge >= 0.3 is 5.97 Å². The van der Waals surface area contributed by atoms with Crippen LogP contribution in [0.1, 0.15) is 33.6 Å². The molecule has 1 heterocycles. The van der Waals surface area contributed by atoms with Gasteiger partial charge in [-0.1, -0.05) is 0 Å². The summed E-state index contributed by atoms with van der Waals surface area (Å²) in [7, 11) is -3.22. The summed E-state index contributed by atoms with van der Waals surface area (Å²) in [4.78, 5) is 11.5. The summed E-state index contributed by atoms with van der Waals surface area (Å²) >= 11 is 0. The zero-order valence-corrected chi connectivity index (χ0v) is 10.0. The van der Waals surface area contributed by atoms with Crippen LogP contribution in [-0.2, 0) is 13.7 Å². The Morgan fingerprint density at radius 1 is 1.47 bits per heavy atom. The van der Waals surface area contributed by atoms with Crippen LogP contribution in [-0.4, -0.2) is 27.1 Å². The molecule has 15 heavy (non-hydrogen) atoms. The van der Waals surface area contributed by atoms with E-state index in [4.69, 9.17) is 8.92 Å². The van der Waals surface area contributed by atoms with Gasteiger partial charge in [-0.05, 0) is 27.2 Å². The SMILES string of the molecule is CC(C)(C)C(=O)OC1CCCOS1(O)O. The van der Waals surface area contributed by atoms with Crippen LogP contribution in [0.3, 0.4) is 0 Å². The zero-order valence-electron chi connectivity index (χ0n) is 9.23. The Labute approximate surface area is 91.3 Å². The fraction of sp³-hybridized carbons (Fsp3) is 0.889. The molecule has 90 valence electrons. The summed E-state index contributed by atoms with van der Waals surface area (Å²) < 4.78 is 28.8. The molecule has 0 aromatic carbocycles. The summed E-state index contributed by atoms with van der Waals surface area (Å²) in [6.07, 6.45) is 1.10. The molecule has 0 aromatic rings. The molecular weight excluding hydrogens is 220 g/mol. The average molecular weight is 238 g/mol. The second-order valence-corrected chi connectivity index (χ2v) is 6.42. The molecule has 1 atom stereocenters. The predicted octanol–water partition coefficient (Wildman–Crippen LogP) is 2.38. The molecule has 0 radical (unpaired) electrons. The van der Waals surface area contributed by atoms with Gasteiger partial charge in [0.05, 0.1) is 12.0 Å². The Morgan fingerprint density at radius 3 is 2.53 bits per heavy atom. The van der Waals surface area contributed by atoms with E-state index >= 15 is 0 Å². The third kappa shape index (κ3) is 3.34. The smallest absolute Gasteiger partial charge is 0.312 e. The van der Waals surface area contributed by atoms with Crippen molar-refractivity contribution in [3.63, 3.8) is 0 Å². The molecule has 0 aliphatic carbocycles. The van der Waals surface area contributed by atoms with Crippen LogP contribution in [0.2, 0.25) is 0 Å². The molecule has 1 fully saturated rings. The van der Waals surface area contributed by atoms with Gasteiger partial charge in [-0.25, -0.2) is 0 Å². The summed E-state index contributed by atoms with van der Waals surface area (Å²) in [6, 6.07) is 0. The van der Waals surface area contributed by atoms with Crippen LogP contribution in [0.25, 0.3) is 0 Å². The number of rotatable bonds is 1. The highest BCUT2D eigenvalue weighted by atomic mass is 32.3. The minimum Gasteiger partial charge on any atom is -0.446 e. The summed E-state index contributed by atoms with van der Waals surface area (Å²) in [5, 5.41) is 0. The zero-order chi connectivity index (χ0) is 11.7. The molecule has 1 saturated heterocycles. The van der Waals surface area contributed by atoms with E-state index in [1.807, 2.05) is 0 Å². The molecular formula is C9H18O5S. The van der Waals surface area contributed by atoms with Crippen molar-refractivity contribution >= 4 is 16.8 Å². The standard InChI is InChI=1S/C9H18O5S/c1-9(2,3)8(10)14-7-5-4-6-13-15(7,11)12/h7,11-12H,4-6H2,1-3H3. The topological polar surface area (TPSA) is 76.0 Å². The Bertz CT molecular complexity index is 245. The van der Waals surface area contributed by atoms with Gasteiger partial charge in [0.25, 0.3) is 0 Å². The largest absolute Gasteiger partial charge is 0.446 e. The van der Waals surface area contributed by atoms with Gasteiger partial charge in [-0.3, -0.25) is 8.98 Å². The first-order valence-corrected chi connectivity index (χ1v) is 6.39. The van der Waals surface area contributed by atoms with Crippen molar-refractivity contribution in [2.75, 3.05) is 6.61 Å². The van der Waals surface area contributed by atoms with Gasteiger partial charge in [0.1, 0.15) is 10.9 Å². The Balaban J connectivity index is 2.61. The third-order valence-electron chi connectivity index (χ3n) is 2.03. The molecule has 0 bridgehead atoms. The van der Waals surface area contributed by atoms with Crippen LogP contribution in [0.15, 0.2) is 0 Å². The van der Waals surface area contributed by atoms with Crippen molar-refractivity contribution in [2.24, 2.45) is 5.41 Å². The van der Waals surface area contributed by atoms with E-state index < -0.39 is 27.7 Å². The molecule has 0 aromatic heterocycles. The molecule has 6 heteroatoms. The van der Waals surface area contributed by atoms with E-state index in [0.29, 0.717) is 19.4 Å². The minimum absolute atomic E-state index is 0.298. The van der Waals surface area contributed by atoms with Crippen LogP contribution in [0.4, 0.5) is 0 Å². The van der Waals surface area contributed by atoms with E-state index in [1.54, 1.807) is 20.8 Å². The summed E-state index contributed by atoms with van der Waals surface area (Å²) in [6.45, 7) is 5.44. The maximum Gasteiger partial charge on any atom is 0.312 e. The van der Waals surface area contributed by atoms with Crippen molar-refractivity contribution in [3.8, 4) is 0 Å². The van der Waals surface area contributed by atoms with Crippen molar-refractivity contribution in [2.45, 2.75) is 39.0 Å². The quantitative estimate of drug-likeness (QED) is 0.686. The molecule has 5 nitrogen and oxygen atoms in total. The van der Waals surface area contributed by atoms with Gasteiger partial charge in [-0.2, -0.15) is 0 Å². The van der Waals surface area contributed by atoms with Crippen LogP contribution < -0.4 is 0 Å². The van der Waals surface area contributed by atoms with Gasteiger partial charge in [0.15, 0.2) is 5.44 Å². The van der Waals surface area contributed by atoms with Crippen molar-refractivity contribution in [3.05, 3.63) is 0 Å². The van der Waals surface area contributed by atoms with E-state index in [-0.39, 0.29) is 0 Å². The maximum absolute atomic E-state index is 11.5. The predicted molar refractivity (Wildman–Crippen MR) is 57.4 cm³/mol. The molecule has 0 amide bonds. The van der Waals surface area contributed by atoms with Gasteiger partial charge in [-0.15, -0.1) is 0 Å². The van der Waals surface area contributed by atoms with Gasteiger partial charge in [0, 0.05) is 6.42 Å². The van der Waals surface area contributed by atoms with E-state index in [9.17, 15) is 13.9 Å². The minimum atomic E-state index is -3.22. The molecule has 2 N–H and O–H groups in total. The Morgan fingerprint density at radius 2 is 2.07 bits per heavy atom. The molecule has 1 unspecified atom stereocenters. The molecule has 1 rings (SSSR count). The Hall–Kier alpha value is -0.300. The van der Waals surface area contributed by atoms with E-state index in [1.165, 1.54) is 0 Å². The lowest BCUT2D eigenvalue weighted by atomic mass is 9.97. The second kappa shape index (κ2) is 4.29. The second-order valence-electron chi connectivity index (χ2n) is 4.59. The third-order valence-corrected chi connectivity index (χ3v) is 3.56. The number of ether oxygens (including phenoxy) is 1. The van der Waals surface area contributed by atoms with Crippen LogP contribution in [0, 0.1) is 5.41 Å². The highest BCUT2D eigenvalue weighted by molar-refractivity contribution is 8.20. The van der Waals surface area contributed by atoms with Crippen molar-refractivity contribution in [1.29, 1.82) is 0 Å². The fourth-order valence-electron chi connectivity index (χ4n) is 1.08. The first-order valence-electron chi connectivity index (χ1n) is 4.86. The lowest BCUT2D eigenvalue weighted by molar-refractivity contribution is -0.156. The lowest BCUT2D eigenvalue weighted by Gasteiger charge is -2.38. The number of carbonyl (C=O) groups is 1. The fourth-order valence-corrected chi connectivity index (χ4v) is 2.28. The highest BCUT2D eigenvalue weighted by Gasteiger charge is 2.39. The number of carbonyl (C=O) groups excluding carboxylic acids is 1. The van der Waals surface area contributed by atoms with Crippen LogP contribution >= 0.6 is 10.9 Å².